The van der Waals surface area contributed by atoms with Gasteiger partial charge in [0.25, 0.3) is 0 Å². The number of nitriles is 1. The molecule has 0 bridgehead atoms. The Morgan fingerprint density at radius 3 is 1.62 bits per heavy atom. The number of hydrogen-bond acceptors (Lipinski definition) is 1. The average Bonchev–Trinajstić information content (AvgIpc) is 1.96. The van der Waals surface area contributed by atoms with E-state index in [4.69, 9.17) is 5.26 Å². The Kier molecular flexibility index (Phi) is 6.46. The summed E-state index contributed by atoms with van der Waals surface area (Å²) in [5.41, 5.74) is 0. The van der Waals surface area contributed by atoms with Gasteiger partial charge in [0.05, 0.1) is 0 Å². The normalized spacial score (nSPS) is 18.2. The highest BCUT2D eigenvalue weighted by atomic mass is 28.2. The van der Waals surface area contributed by atoms with Crippen molar-refractivity contribution in [1.29, 1.82) is 5.26 Å². The Morgan fingerprint density at radius 1 is 1.00 bits per heavy atom. The quantitative estimate of drug-likeness (QED) is 0.450. The van der Waals surface area contributed by atoms with E-state index < -0.39 is 0 Å². The topological polar surface area (TPSA) is 23.8 Å². The molecule has 8 heavy (non-hydrogen) atoms. The first-order valence-corrected chi connectivity index (χ1v) is 5.26. The molecule has 0 aromatic heterocycles. The Hall–Kier alpha value is -0.293. The maximum Gasteiger partial charge on any atom is 0.0462 e. The van der Waals surface area contributed by atoms with Crippen LogP contribution in [0, 0.1) is 11.8 Å². The summed E-state index contributed by atoms with van der Waals surface area (Å²) in [4.78, 5) is 0. The molecule has 1 aliphatic rings. The Labute approximate surface area is 53.5 Å². The summed E-state index contributed by atoms with van der Waals surface area (Å²) < 4.78 is 0. The molecule has 0 saturated carbocycles. The summed E-state index contributed by atoms with van der Waals surface area (Å²) in [5.74, 6) is 0. The Morgan fingerprint density at radius 2 is 1.50 bits per heavy atom. The molecule has 0 unspecified atom stereocenters. The van der Waals surface area contributed by atoms with Crippen LogP contribution in [-0.2, 0) is 0 Å². The highest BCUT2D eigenvalue weighted by Gasteiger charge is 1.96. The predicted octanol–water partition coefficient (Wildman–Crippen LogP) is 1.32. The lowest BCUT2D eigenvalue weighted by atomic mass is 10.3. The van der Waals surface area contributed by atoms with Gasteiger partial charge in [0, 0.05) is 16.1 Å². The van der Waals surface area contributed by atoms with Crippen molar-refractivity contribution in [2.45, 2.75) is 31.4 Å². The van der Waals surface area contributed by atoms with E-state index in [2.05, 4.69) is 6.57 Å². The third kappa shape index (κ3) is 3.88. The van der Waals surface area contributed by atoms with Gasteiger partial charge in [0.15, 0.2) is 0 Å². The predicted molar refractivity (Wildman–Crippen MR) is 38.7 cm³/mol. The SMILES string of the molecule is C#N.C1CC[SiH2]CC1. The van der Waals surface area contributed by atoms with Gasteiger partial charge in [-0.2, -0.15) is 0 Å². The van der Waals surface area contributed by atoms with Crippen LogP contribution in [0.25, 0.3) is 0 Å². The molecule has 2 heteroatoms. The maximum atomic E-state index is 6.50. The second-order valence-corrected chi connectivity index (χ2v) is 4.24. The first kappa shape index (κ1) is 7.71. The van der Waals surface area contributed by atoms with E-state index in [-0.39, 0.29) is 0 Å². The zero-order chi connectivity index (χ0) is 6.24. The molecule has 1 heterocycles. The molecule has 46 valence electrons. The van der Waals surface area contributed by atoms with E-state index in [0.717, 1.165) is 0 Å². The van der Waals surface area contributed by atoms with Crippen LogP contribution in [0.15, 0.2) is 0 Å². The third-order valence-corrected chi connectivity index (χ3v) is 3.50. The van der Waals surface area contributed by atoms with E-state index in [0.29, 0.717) is 9.52 Å². The lowest BCUT2D eigenvalue weighted by molar-refractivity contribution is 0.734. The molecule has 1 nitrogen and oxygen atoms in total. The van der Waals surface area contributed by atoms with Gasteiger partial charge in [0.2, 0.25) is 0 Å². The maximum absolute atomic E-state index is 6.50. The van der Waals surface area contributed by atoms with Crippen molar-refractivity contribution in [2.75, 3.05) is 0 Å². The molecule has 1 aliphatic heterocycles. The highest BCUT2D eigenvalue weighted by molar-refractivity contribution is 6.35. The highest BCUT2D eigenvalue weighted by Crippen LogP contribution is 2.10. The van der Waals surface area contributed by atoms with E-state index in [9.17, 15) is 0 Å². The number of hydrogen-bond donors (Lipinski definition) is 0. The van der Waals surface area contributed by atoms with Gasteiger partial charge in [-0.15, -0.1) is 0 Å². The second-order valence-electron chi connectivity index (χ2n) is 2.12. The van der Waals surface area contributed by atoms with Gasteiger partial charge in [-0.05, 0) is 0 Å². The van der Waals surface area contributed by atoms with E-state index >= 15 is 0 Å². The third-order valence-electron chi connectivity index (χ3n) is 1.50. The first-order chi connectivity index (χ1) is 4.00. The van der Waals surface area contributed by atoms with E-state index in [1.807, 2.05) is 0 Å². The molecule has 0 N–H and O–H groups in total. The Bertz CT molecular complexity index is 45.3. The summed E-state index contributed by atoms with van der Waals surface area (Å²) >= 11 is 0. The van der Waals surface area contributed by atoms with Crippen molar-refractivity contribution in [3.8, 4) is 6.57 Å². The van der Waals surface area contributed by atoms with Crippen molar-refractivity contribution in [2.24, 2.45) is 0 Å². The van der Waals surface area contributed by atoms with Crippen molar-refractivity contribution in [1.82, 2.24) is 0 Å². The molecule has 0 aromatic carbocycles. The van der Waals surface area contributed by atoms with Gasteiger partial charge < -0.3 is 0 Å². The van der Waals surface area contributed by atoms with Crippen LogP contribution in [0.2, 0.25) is 12.1 Å². The van der Waals surface area contributed by atoms with Crippen LogP contribution in [0.5, 0.6) is 0 Å². The average molecular weight is 127 g/mol. The monoisotopic (exact) mass is 127 g/mol. The second kappa shape index (κ2) is 6.71. The molecule has 0 aromatic rings. The lowest BCUT2D eigenvalue weighted by Crippen LogP contribution is -1.94. The summed E-state index contributed by atoms with van der Waals surface area (Å²) in [6, 6.07) is 3.28. The van der Waals surface area contributed by atoms with E-state index in [1.54, 1.807) is 24.9 Å². The fourth-order valence-electron chi connectivity index (χ4n) is 1.06. The minimum absolute atomic E-state index is 0.508. The van der Waals surface area contributed by atoms with Gasteiger partial charge >= 0.3 is 0 Å². The summed E-state index contributed by atoms with van der Waals surface area (Å²) in [5, 5.41) is 6.50. The smallest absolute Gasteiger partial charge is 0.0462 e. The summed E-state index contributed by atoms with van der Waals surface area (Å²) in [7, 11) is 0.508. The van der Waals surface area contributed by atoms with Gasteiger partial charge in [-0.3, -0.25) is 0 Å². The van der Waals surface area contributed by atoms with Crippen molar-refractivity contribution < 1.29 is 0 Å². The van der Waals surface area contributed by atoms with Crippen molar-refractivity contribution >= 4 is 9.52 Å². The van der Waals surface area contributed by atoms with Gasteiger partial charge in [0.1, 0.15) is 0 Å². The zero-order valence-corrected chi connectivity index (χ0v) is 6.68. The van der Waals surface area contributed by atoms with Crippen LogP contribution < -0.4 is 0 Å². The van der Waals surface area contributed by atoms with Crippen LogP contribution in [-0.4, -0.2) is 9.52 Å². The van der Waals surface area contributed by atoms with Crippen LogP contribution in [0.1, 0.15) is 19.3 Å². The number of rotatable bonds is 0. The standard InChI is InChI=1S/C5H12Si.CHN/c1-2-4-6-5-3-1;1-2/h1-6H2;1H. The molecule has 1 rings (SSSR count). The molecular weight excluding hydrogens is 114 g/mol. The van der Waals surface area contributed by atoms with Crippen LogP contribution in [0.4, 0.5) is 0 Å². The van der Waals surface area contributed by atoms with Gasteiger partial charge in [-0.25, -0.2) is 5.26 Å². The fourth-order valence-corrected chi connectivity index (χ4v) is 2.83. The molecule has 1 saturated heterocycles. The molecule has 0 aliphatic carbocycles. The largest absolute Gasteiger partial charge is 0.202 e. The minimum Gasteiger partial charge on any atom is -0.202 e. The fraction of sp³-hybridized carbons (Fsp3) is 0.833. The van der Waals surface area contributed by atoms with E-state index in [1.165, 1.54) is 6.42 Å². The summed E-state index contributed by atoms with van der Waals surface area (Å²) in [6.07, 6.45) is 4.66. The van der Waals surface area contributed by atoms with Crippen molar-refractivity contribution in [3.63, 3.8) is 0 Å². The molecular formula is C6H13NSi. The molecule has 0 amide bonds. The lowest BCUT2D eigenvalue weighted by Gasteiger charge is -2.04. The van der Waals surface area contributed by atoms with Crippen LogP contribution in [0.3, 0.4) is 0 Å². The Balaban J connectivity index is 0.000000222. The number of nitrogens with zero attached hydrogens (tertiary/aromatic N) is 1. The molecule has 0 atom stereocenters. The zero-order valence-electron chi connectivity index (χ0n) is 5.27. The molecule has 0 radical (unpaired) electrons. The minimum atomic E-state index is 0.508. The van der Waals surface area contributed by atoms with Crippen LogP contribution >= 0.6 is 0 Å². The van der Waals surface area contributed by atoms with Crippen molar-refractivity contribution in [3.05, 3.63) is 0 Å². The molecule has 1 fully saturated rings. The van der Waals surface area contributed by atoms with Gasteiger partial charge in [-0.1, -0.05) is 31.4 Å². The first-order valence-electron chi connectivity index (χ1n) is 3.26. The molecule has 0 spiro atoms. The summed E-state index contributed by atoms with van der Waals surface area (Å²) in [6.45, 7) is 3.50.